The van der Waals surface area contributed by atoms with Crippen LogP contribution >= 0.6 is 0 Å². The zero-order valence-electron chi connectivity index (χ0n) is 9.66. The van der Waals surface area contributed by atoms with Gasteiger partial charge in [0.05, 0.1) is 0 Å². The summed E-state index contributed by atoms with van der Waals surface area (Å²) in [6.07, 6.45) is 1.98. The molecule has 92 valence electrons. The number of hydrogen-bond acceptors (Lipinski definition) is 4. The second-order valence-corrected chi connectivity index (χ2v) is 4.12. The molecule has 0 aliphatic carbocycles. The van der Waals surface area contributed by atoms with Gasteiger partial charge in [-0.25, -0.2) is 0 Å². The quantitative estimate of drug-likeness (QED) is 0.501. The van der Waals surface area contributed by atoms with E-state index in [9.17, 15) is 9.59 Å². The number of amides is 2. The number of rotatable bonds is 3. The lowest BCUT2D eigenvalue weighted by atomic mass is 10.1. The van der Waals surface area contributed by atoms with E-state index in [4.69, 9.17) is 5.73 Å². The average Bonchev–Trinajstić information content (AvgIpc) is 2.25. The average molecular weight is 228 g/mol. The van der Waals surface area contributed by atoms with Gasteiger partial charge < -0.3 is 21.3 Å². The summed E-state index contributed by atoms with van der Waals surface area (Å²) in [6, 6.07) is 0.0786. The summed E-state index contributed by atoms with van der Waals surface area (Å²) < 4.78 is 0. The lowest BCUT2D eigenvalue weighted by Crippen LogP contribution is -2.50. The predicted molar refractivity (Wildman–Crippen MR) is 60.7 cm³/mol. The lowest BCUT2D eigenvalue weighted by molar-refractivity contribution is -0.139. The van der Waals surface area contributed by atoms with Crippen molar-refractivity contribution in [2.24, 2.45) is 5.73 Å². The minimum atomic E-state index is -0.598. The Kier molecular flexibility index (Phi) is 5.21. The van der Waals surface area contributed by atoms with Gasteiger partial charge in [0.2, 0.25) is 0 Å². The molecule has 4 N–H and O–H groups in total. The predicted octanol–water partition coefficient (Wildman–Crippen LogP) is -1.73. The van der Waals surface area contributed by atoms with Crippen LogP contribution in [0.25, 0.3) is 0 Å². The Morgan fingerprint density at radius 1 is 1.44 bits per heavy atom. The second-order valence-electron chi connectivity index (χ2n) is 4.12. The largest absolute Gasteiger partial charge is 0.347 e. The van der Waals surface area contributed by atoms with Gasteiger partial charge in [-0.2, -0.15) is 0 Å². The topological polar surface area (TPSA) is 87.5 Å². The maximum absolute atomic E-state index is 11.4. The Morgan fingerprint density at radius 3 is 2.81 bits per heavy atom. The standard InChI is InChI=1S/C10H20N4O2/c1-14-6-2-3-8(7-14)13-10(16)9(15)12-5-4-11/h8H,2-7,11H2,1H3,(H,12,15)(H,13,16). The smallest absolute Gasteiger partial charge is 0.309 e. The van der Waals surface area contributed by atoms with E-state index in [2.05, 4.69) is 15.5 Å². The second kappa shape index (κ2) is 6.44. The summed E-state index contributed by atoms with van der Waals surface area (Å²) in [5.41, 5.74) is 5.23. The minimum Gasteiger partial charge on any atom is -0.347 e. The van der Waals surface area contributed by atoms with Gasteiger partial charge in [0, 0.05) is 25.7 Å². The van der Waals surface area contributed by atoms with E-state index in [0.717, 1.165) is 25.9 Å². The minimum absolute atomic E-state index is 0.0786. The summed E-state index contributed by atoms with van der Waals surface area (Å²) in [4.78, 5) is 24.9. The number of nitrogens with zero attached hydrogens (tertiary/aromatic N) is 1. The molecule has 1 atom stereocenters. The van der Waals surface area contributed by atoms with Crippen molar-refractivity contribution in [3.8, 4) is 0 Å². The summed E-state index contributed by atoms with van der Waals surface area (Å²) in [5.74, 6) is -1.16. The maximum Gasteiger partial charge on any atom is 0.309 e. The molecule has 1 aliphatic heterocycles. The number of hydrogen-bond donors (Lipinski definition) is 3. The van der Waals surface area contributed by atoms with Crippen molar-refractivity contribution < 1.29 is 9.59 Å². The van der Waals surface area contributed by atoms with Crippen molar-refractivity contribution in [1.29, 1.82) is 0 Å². The number of carbonyl (C=O) groups excluding carboxylic acids is 2. The molecule has 1 unspecified atom stereocenters. The third-order valence-corrected chi connectivity index (χ3v) is 2.60. The van der Waals surface area contributed by atoms with Gasteiger partial charge in [-0.05, 0) is 26.4 Å². The van der Waals surface area contributed by atoms with Crippen LogP contribution in [0.5, 0.6) is 0 Å². The highest BCUT2D eigenvalue weighted by Gasteiger charge is 2.21. The molecule has 1 aliphatic rings. The van der Waals surface area contributed by atoms with E-state index in [1.165, 1.54) is 0 Å². The zero-order valence-corrected chi connectivity index (χ0v) is 9.66. The number of piperidine rings is 1. The summed E-state index contributed by atoms with van der Waals surface area (Å²) >= 11 is 0. The zero-order chi connectivity index (χ0) is 12.0. The fourth-order valence-electron chi connectivity index (χ4n) is 1.80. The molecule has 1 heterocycles. The van der Waals surface area contributed by atoms with E-state index in [1.807, 2.05) is 7.05 Å². The molecule has 0 aromatic rings. The van der Waals surface area contributed by atoms with Crippen molar-refractivity contribution in [3.63, 3.8) is 0 Å². The number of nitrogens with two attached hydrogens (primary N) is 1. The highest BCUT2D eigenvalue weighted by Crippen LogP contribution is 2.07. The van der Waals surface area contributed by atoms with Gasteiger partial charge in [-0.3, -0.25) is 9.59 Å². The molecule has 6 heteroatoms. The van der Waals surface area contributed by atoms with Crippen molar-refractivity contribution in [2.45, 2.75) is 18.9 Å². The van der Waals surface area contributed by atoms with Crippen LogP contribution in [0.2, 0.25) is 0 Å². The number of likely N-dealkylation sites (N-methyl/N-ethyl adjacent to an activating group) is 1. The highest BCUT2D eigenvalue weighted by atomic mass is 16.2. The third kappa shape index (κ3) is 4.16. The Bertz CT molecular complexity index is 257. The molecule has 6 nitrogen and oxygen atoms in total. The Balaban J connectivity index is 2.29. The van der Waals surface area contributed by atoms with Crippen molar-refractivity contribution >= 4 is 11.8 Å². The number of likely N-dealkylation sites (tertiary alicyclic amines) is 1. The van der Waals surface area contributed by atoms with Crippen LogP contribution in [0.3, 0.4) is 0 Å². The first-order chi connectivity index (χ1) is 7.63. The van der Waals surface area contributed by atoms with Crippen molar-refractivity contribution in [2.75, 3.05) is 33.2 Å². The van der Waals surface area contributed by atoms with Crippen LogP contribution in [0.1, 0.15) is 12.8 Å². The van der Waals surface area contributed by atoms with Crippen LogP contribution in [-0.2, 0) is 9.59 Å². The van der Waals surface area contributed by atoms with Crippen LogP contribution in [0.15, 0.2) is 0 Å². The fourth-order valence-corrected chi connectivity index (χ4v) is 1.80. The monoisotopic (exact) mass is 228 g/mol. The van der Waals surface area contributed by atoms with Crippen molar-refractivity contribution in [3.05, 3.63) is 0 Å². The molecule has 0 saturated carbocycles. The van der Waals surface area contributed by atoms with Gasteiger partial charge in [0.15, 0.2) is 0 Å². The molecule has 1 fully saturated rings. The van der Waals surface area contributed by atoms with Crippen molar-refractivity contribution in [1.82, 2.24) is 15.5 Å². The Morgan fingerprint density at radius 2 is 2.19 bits per heavy atom. The van der Waals surface area contributed by atoms with Gasteiger partial charge in [0.25, 0.3) is 0 Å². The Hall–Kier alpha value is -1.14. The van der Waals surface area contributed by atoms with Crippen LogP contribution in [0.4, 0.5) is 0 Å². The molecule has 2 amide bonds. The molecule has 0 bridgehead atoms. The molecule has 1 rings (SSSR count). The summed E-state index contributed by atoms with van der Waals surface area (Å²) in [5, 5.41) is 5.17. The van der Waals surface area contributed by atoms with E-state index in [-0.39, 0.29) is 6.04 Å². The number of nitrogens with one attached hydrogen (secondary N) is 2. The molecule has 0 aromatic carbocycles. The van der Waals surface area contributed by atoms with Crippen LogP contribution in [0, 0.1) is 0 Å². The van der Waals surface area contributed by atoms with Gasteiger partial charge >= 0.3 is 11.8 Å². The van der Waals surface area contributed by atoms with Gasteiger partial charge in [-0.15, -0.1) is 0 Å². The highest BCUT2D eigenvalue weighted by molar-refractivity contribution is 6.35. The van der Waals surface area contributed by atoms with Gasteiger partial charge in [0.1, 0.15) is 0 Å². The molecule has 1 saturated heterocycles. The molecule has 0 spiro atoms. The van der Waals surface area contributed by atoms with Crippen LogP contribution in [-0.4, -0.2) is 56.0 Å². The van der Waals surface area contributed by atoms with Crippen LogP contribution < -0.4 is 16.4 Å². The van der Waals surface area contributed by atoms with E-state index in [0.29, 0.717) is 13.1 Å². The molecular weight excluding hydrogens is 208 g/mol. The fraction of sp³-hybridized carbons (Fsp3) is 0.800. The first-order valence-electron chi connectivity index (χ1n) is 5.60. The molecular formula is C10H20N4O2. The number of carbonyl (C=O) groups is 2. The maximum atomic E-state index is 11.4. The van der Waals surface area contributed by atoms with Gasteiger partial charge in [-0.1, -0.05) is 0 Å². The molecule has 0 aromatic heterocycles. The Labute approximate surface area is 95.5 Å². The third-order valence-electron chi connectivity index (χ3n) is 2.60. The SMILES string of the molecule is CN1CCCC(NC(=O)C(=O)NCCN)C1. The first-order valence-corrected chi connectivity index (χ1v) is 5.60. The van der Waals surface area contributed by atoms with E-state index in [1.54, 1.807) is 0 Å². The lowest BCUT2D eigenvalue weighted by Gasteiger charge is -2.29. The molecule has 0 radical (unpaired) electrons. The van der Waals surface area contributed by atoms with E-state index < -0.39 is 11.8 Å². The first kappa shape index (κ1) is 12.9. The van der Waals surface area contributed by atoms with E-state index >= 15 is 0 Å². The summed E-state index contributed by atoms with van der Waals surface area (Å²) in [7, 11) is 2.01. The molecule has 16 heavy (non-hydrogen) atoms. The normalized spacial score (nSPS) is 21.5. The summed E-state index contributed by atoms with van der Waals surface area (Å²) in [6.45, 7) is 2.52.